The Morgan fingerprint density at radius 3 is 2.16 bits per heavy atom. The number of anilines is 2. The molecule has 45 heavy (non-hydrogen) atoms. The van der Waals surface area contributed by atoms with E-state index in [1.54, 1.807) is 27.7 Å². The number of nitrogens with zero attached hydrogens (tertiary/aromatic N) is 1. The van der Waals surface area contributed by atoms with E-state index >= 15 is 0 Å². The number of hydrogen-bond acceptors (Lipinski definition) is 12. The number of ketones is 2. The van der Waals surface area contributed by atoms with Gasteiger partial charge in [-0.1, -0.05) is 17.3 Å². The van der Waals surface area contributed by atoms with Crippen LogP contribution in [0.15, 0.2) is 64.0 Å². The fourth-order valence-corrected chi connectivity index (χ4v) is 7.89. The Balaban J connectivity index is 1.54. The minimum Gasteiger partial charge on any atom is -0.507 e. The van der Waals surface area contributed by atoms with Crippen molar-refractivity contribution in [1.82, 2.24) is 5.16 Å². The highest BCUT2D eigenvalue weighted by Gasteiger charge is 2.40. The van der Waals surface area contributed by atoms with Crippen LogP contribution in [0.4, 0.5) is 11.6 Å². The van der Waals surface area contributed by atoms with Crippen molar-refractivity contribution in [1.29, 1.82) is 0 Å². The number of carbonyl (C=O) groups is 2. The molecule has 0 fully saturated rings. The Bertz CT molecular complexity index is 1960. The number of nitrogens with one attached hydrogen (secondary N) is 2. The largest absolute Gasteiger partial charge is 0.507 e. The van der Waals surface area contributed by atoms with Crippen LogP contribution in [0.5, 0.6) is 11.5 Å². The molecule has 0 aliphatic heterocycles. The van der Waals surface area contributed by atoms with Crippen molar-refractivity contribution in [3.8, 4) is 11.5 Å². The van der Waals surface area contributed by atoms with Crippen molar-refractivity contribution < 1.29 is 46.4 Å². The molecule has 0 saturated carbocycles. The number of phenols is 2. The lowest BCUT2D eigenvalue weighted by Gasteiger charge is -2.29. The fourth-order valence-electron chi connectivity index (χ4n) is 4.93. The summed E-state index contributed by atoms with van der Waals surface area (Å²) in [6.07, 6.45) is 0. The number of fused-ring (bicyclic) bond motifs is 2. The lowest BCUT2D eigenvalue weighted by Crippen LogP contribution is -2.23. The lowest BCUT2D eigenvalue weighted by molar-refractivity contribution is 0.0974. The second-order valence-corrected chi connectivity index (χ2v) is 13.9. The first-order valence-electron chi connectivity index (χ1n) is 13.8. The zero-order chi connectivity index (χ0) is 32.7. The van der Waals surface area contributed by atoms with Crippen LogP contribution in [0.3, 0.4) is 0 Å². The Hall–Kier alpha value is -4.49. The molecular weight excluding hydrogens is 625 g/mol. The highest BCUT2D eigenvalue weighted by atomic mass is 32.2. The molecule has 3 aromatic carbocycles. The van der Waals surface area contributed by atoms with Crippen LogP contribution in [0, 0.1) is 13.8 Å². The van der Waals surface area contributed by atoms with Gasteiger partial charge in [-0.05, 0) is 75.7 Å². The predicted octanol–water partition coefficient (Wildman–Crippen LogP) is 5.66. The van der Waals surface area contributed by atoms with E-state index in [0.717, 1.165) is 0 Å². The van der Waals surface area contributed by atoms with Gasteiger partial charge >= 0.3 is 7.60 Å². The standard InChI is InChI=1S/C30H30N3O10PS/c1-5-41-44(38,42-6-2)30(31-19-10-12-20(13-11-19)45(39,40)33-29-16(3)17(4)32-43-29)18-14-22-26(24(35)15-18)28(37)25-21(27(22)36)8-7-9-23(25)34/h7-15,30-31,33-35H,5-6H2,1-4H3. The van der Waals surface area contributed by atoms with E-state index in [0.29, 0.717) is 16.9 Å². The number of aryl methyl sites for hydroxylation is 1. The van der Waals surface area contributed by atoms with Crippen molar-refractivity contribution in [3.63, 3.8) is 0 Å². The maximum atomic E-state index is 14.2. The number of aromatic hydroxyl groups is 2. The summed E-state index contributed by atoms with van der Waals surface area (Å²) in [5, 5.41) is 28.1. The van der Waals surface area contributed by atoms with Gasteiger partial charge in [-0.3, -0.25) is 14.2 Å². The van der Waals surface area contributed by atoms with Gasteiger partial charge < -0.3 is 29.1 Å². The average Bonchev–Trinajstić information content (AvgIpc) is 3.30. The summed E-state index contributed by atoms with van der Waals surface area (Å²) in [5.41, 5.74) is 0.718. The third kappa shape index (κ3) is 5.85. The second kappa shape index (κ2) is 12.1. The van der Waals surface area contributed by atoms with Crippen LogP contribution in [0.2, 0.25) is 0 Å². The molecule has 0 bridgehead atoms. The van der Waals surface area contributed by atoms with Crippen LogP contribution >= 0.6 is 7.60 Å². The monoisotopic (exact) mass is 655 g/mol. The first-order valence-corrected chi connectivity index (χ1v) is 16.9. The summed E-state index contributed by atoms with van der Waals surface area (Å²) in [4.78, 5) is 26.6. The van der Waals surface area contributed by atoms with Crippen LogP contribution in [-0.4, -0.2) is 48.6 Å². The van der Waals surface area contributed by atoms with E-state index in [-0.39, 0.29) is 51.8 Å². The first-order chi connectivity index (χ1) is 21.3. The van der Waals surface area contributed by atoms with Crippen molar-refractivity contribution >= 4 is 40.8 Å². The normalized spacial score (nSPS) is 13.7. The predicted molar refractivity (Wildman–Crippen MR) is 164 cm³/mol. The van der Waals surface area contributed by atoms with Crippen LogP contribution in [0.25, 0.3) is 0 Å². The number of sulfonamides is 1. The van der Waals surface area contributed by atoms with E-state index in [9.17, 15) is 32.8 Å². The zero-order valence-corrected chi connectivity index (χ0v) is 26.4. The smallest absolute Gasteiger partial charge is 0.357 e. The number of rotatable bonds is 11. The molecule has 4 aromatic rings. The molecule has 1 heterocycles. The minimum absolute atomic E-state index is 0.0118. The number of aromatic nitrogens is 1. The van der Waals surface area contributed by atoms with Crippen LogP contribution < -0.4 is 10.0 Å². The van der Waals surface area contributed by atoms with Crippen LogP contribution in [-0.2, 0) is 23.6 Å². The highest BCUT2D eigenvalue weighted by molar-refractivity contribution is 7.92. The molecule has 0 radical (unpaired) electrons. The molecule has 0 spiro atoms. The van der Waals surface area contributed by atoms with Crippen molar-refractivity contribution in [3.05, 3.63) is 93.7 Å². The minimum atomic E-state index is -4.08. The third-order valence-electron chi connectivity index (χ3n) is 7.23. The van der Waals surface area contributed by atoms with E-state index in [1.165, 1.54) is 54.6 Å². The summed E-state index contributed by atoms with van der Waals surface area (Å²) in [6, 6.07) is 12.0. The van der Waals surface area contributed by atoms with E-state index in [2.05, 4.69) is 15.2 Å². The molecule has 13 nitrogen and oxygen atoms in total. The van der Waals surface area contributed by atoms with Gasteiger partial charge in [-0.2, -0.15) is 0 Å². The number of carbonyl (C=O) groups excluding carboxylic acids is 2. The zero-order valence-electron chi connectivity index (χ0n) is 24.7. The Kier molecular flexibility index (Phi) is 8.60. The summed E-state index contributed by atoms with van der Waals surface area (Å²) in [7, 11) is -8.14. The van der Waals surface area contributed by atoms with Gasteiger partial charge in [0.1, 0.15) is 11.5 Å². The Morgan fingerprint density at radius 1 is 0.911 bits per heavy atom. The molecule has 1 atom stereocenters. The maximum Gasteiger partial charge on any atom is 0.357 e. The number of benzene rings is 3. The molecular formula is C30H30N3O10PS. The van der Waals surface area contributed by atoms with Gasteiger partial charge in [-0.25, -0.2) is 13.1 Å². The SMILES string of the molecule is CCOP(=O)(OCC)C(Nc1ccc(S(=O)(=O)Nc2onc(C)c2C)cc1)c1cc(O)c2c(c1)C(=O)c1cccc(O)c1C2=O. The molecule has 4 N–H and O–H groups in total. The summed E-state index contributed by atoms with van der Waals surface area (Å²) < 4.78 is 58.7. The number of hydrogen-bond donors (Lipinski definition) is 4. The molecule has 15 heteroatoms. The molecule has 1 aliphatic carbocycles. The van der Waals surface area contributed by atoms with Gasteiger partial charge in [0, 0.05) is 22.4 Å². The van der Waals surface area contributed by atoms with E-state index < -0.39 is 46.5 Å². The average molecular weight is 656 g/mol. The molecule has 1 unspecified atom stereocenters. The summed E-state index contributed by atoms with van der Waals surface area (Å²) in [5.74, 6) is -3.68. The molecule has 1 aromatic heterocycles. The second-order valence-electron chi connectivity index (χ2n) is 10.1. The molecule has 236 valence electrons. The Morgan fingerprint density at radius 2 is 1.56 bits per heavy atom. The van der Waals surface area contributed by atoms with Gasteiger partial charge in [0.05, 0.1) is 34.9 Å². The van der Waals surface area contributed by atoms with Gasteiger partial charge in [0.25, 0.3) is 10.0 Å². The quantitative estimate of drug-likeness (QED) is 0.128. The van der Waals surface area contributed by atoms with Crippen molar-refractivity contribution in [2.75, 3.05) is 23.3 Å². The molecule has 0 saturated heterocycles. The molecule has 1 aliphatic rings. The van der Waals surface area contributed by atoms with Crippen LogP contribution in [0.1, 0.15) is 68.3 Å². The summed E-state index contributed by atoms with van der Waals surface area (Å²) >= 11 is 0. The Labute approximate surface area is 258 Å². The maximum absolute atomic E-state index is 14.2. The van der Waals surface area contributed by atoms with Gasteiger partial charge in [-0.15, -0.1) is 0 Å². The van der Waals surface area contributed by atoms with Crippen molar-refractivity contribution in [2.24, 2.45) is 0 Å². The molecule has 0 amide bonds. The van der Waals surface area contributed by atoms with E-state index in [4.69, 9.17) is 13.6 Å². The fraction of sp³-hybridized carbons (Fsp3) is 0.233. The van der Waals surface area contributed by atoms with Gasteiger partial charge in [0.15, 0.2) is 11.6 Å². The first kappa shape index (κ1) is 31.9. The highest BCUT2D eigenvalue weighted by Crippen LogP contribution is 2.61. The van der Waals surface area contributed by atoms with Gasteiger partial charge in [0.2, 0.25) is 11.7 Å². The third-order valence-corrected chi connectivity index (χ3v) is 10.9. The topological polar surface area (TPSA) is 194 Å². The van der Waals surface area contributed by atoms with E-state index in [1.807, 2.05) is 0 Å². The lowest BCUT2D eigenvalue weighted by atomic mass is 9.82. The van der Waals surface area contributed by atoms with Crippen molar-refractivity contribution in [2.45, 2.75) is 38.4 Å². The number of phenolic OH excluding ortho intramolecular Hbond substituents is 2. The molecule has 5 rings (SSSR count). The summed E-state index contributed by atoms with van der Waals surface area (Å²) in [6.45, 7) is 6.54.